The van der Waals surface area contributed by atoms with E-state index in [9.17, 15) is 187 Å². The standard InChI is InChI=1S/C82H137N5O60/c1-18-40(102)52(114)57(119)76(127-18)125-17-34-66(47(109)35(71(124)128-34)83-19(2)97)139-72-36(84-20(3)98)48(110)65(31(14-95)134-72)143-80-61(123)68(145-82-70(56(118)44(106)27(10-91)133-82)147-75-39(87-23(6)101)50(112)63(30(13-94)137-75)141-78-59(121)54(116)42(104)25(8-89)130-78)46(108)33(138-80)16-126-81-69(55(117)43(105)26(9-90)132-81)146-74-38(86-22(5)100)51(113)64(32(15-96)136-74)142-79-60(122)67(45(107)28(11-92)131-79)144-73-37(85-21(4)99)49(111)62(29(12-93)135-73)140-77-58(120)53(115)41(103)24(7-88)129-77/h18,24-82,88-96,102-124H,7-17H2,1-6H3,(H,83,97)(H,84,98)(H,85,99)(H,86,100)(H,87,101)/t18-,24+,25+,26+,27+,28+,29+,30+,31+,32+,33+,34+,35+,36+,37+,38+,39+,40+,41-,42-,43+,44+,45-,46+,47+,48+,49+,50+,51+,52+,53-,54-,55-,56-,57-,58+,59+,60+,61-,62+,63+,64+,65+,66+,67-,68-,69-,70-,71?,72-,73-,74-,75-,76+,77-,78-,79-,80-,81-,82+/m0/s1. The number of carbonyl (C=O) groups excluding carboxylic acids is 5. The summed E-state index contributed by atoms with van der Waals surface area (Å²) in [4.78, 5) is 65.2. The summed E-state index contributed by atoms with van der Waals surface area (Å²) in [5, 5.41) is 373. The number of hydrogen-bond acceptors (Lipinski definition) is 60. The number of carbonyl (C=O) groups is 5. The van der Waals surface area contributed by atoms with E-state index in [-0.39, 0.29) is 0 Å². The average Bonchev–Trinajstić information content (AvgIpc) is 0.763. The first-order chi connectivity index (χ1) is 69.5. The number of ether oxygens (including phenoxy) is 23. The van der Waals surface area contributed by atoms with Gasteiger partial charge in [0.2, 0.25) is 29.5 Å². The summed E-state index contributed by atoms with van der Waals surface area (Å²) >= 11 is 0. The van der Waals surface area contributed by atoms with Gasteiger partial charge in [0.25, 0.3) is 0 Å². The van der Waals surface area contributed by atoms with Crippen LogP contribution in [-0.2, 0) is 133 Å². The van der Waals surface area contributed by atoms with E-state index in [0.29, 0.717) is 0 Å². The normalized spacial score (nSPS) is 49.6. The van der Waals surface area contributed by atoms with E-state index in [0.717, 1.165) is 34.6 Å². The molecule has 0 aliphatic carbocycles. The lowest BCUT2D eigenvalue weighted by Crippen LogP contribution is -2.71. The molecule has 65 heteroatoms. The van der Waals surface area contributed by atoms with Crippen molar-refractivity contribution >= 4 is 29.5 Å². The van der Waals surface area contributed by atoms with Crippen LogP contribution in [0.3, 0.4) is 0 Å². The average molecular weight is 2150 g/mol. The molecule has 0 aromatic heterocycles. The third kappa shape index (κ3) is 26.8. The molecule has 60 atom stereocenters. The van der Waals surface area contributed by atoms with Gasteiger partial charge in [0.15, 0.2) is 75.5 Å². The van der Waals surface area contributed by atoms with Gasteiger partial charge >= 0.3 is 0 Å². The third-order valence-electron chi connectivity index (χ3n) is 27.0. The highest BCUT2D eigenvalue weighted by atomic mass is 16.8. The number of nitrogens with one attached hydrogen (secondary N) is 5. The molecule has 12 aliphatic heterocycles. The van der Waals surface area contributed by atoms with E-state index >= 15 is 0 Å². The molecule has 0 spiro atoms. The molecule has 12 aliphatic rings. The van der Waals surface area contributed by atoms with Crippen LogP contribution in [0.15, 0.2) is 0 Å². The Balaban J connectivity index is 0.843. The summed E-state index contributed by atoms with van der Waals surface area (Å²) in [7, 11) is 0. The Bertz CT molecular complexity index is 4110. The van der Waals surface area contributed by atoms with Crippen molar-refractivity contribution in [2.75, 3.05) is 72.7 Å². The van der Waals surface area contributed by atoms with Crippen LogP contribution >= 0.6 is 0 Å². The minimum Gasteiger partial charge on any atom is -0.394 e. The highest BCUT2D eigenvalue weighted by molar-refractivity contribution is 5.75. The lowest BCUT2D eigenvalue weighted by Gasteiger charge is -2.51. The SMILES string of the molecule is CC(=O)N[C@H]1[C@H](O[C@H]2[C@H](O)[C@@H](NC(C)=O)C(O)O[C@@H]2CO[C@@H]2O[C@@H](C)[C@@H](O)[C@@H](O)[C@@H]2O)O[C@H](CO)[C@@H](O[C@@H]2O[C@H](CO[C@H]3O[C@H](CO)[C@@H](O)[C@H](O)[C@@H]3O[C@@H]3O[C@H](CO)[C@@H](O[C@@H]4O[C@H](CO)[C@H](O)[C@H](O[C@@H]5O[C@H](CO)[C@@H](O[C@@H]6O[C@H](CO)[C@H](O)[C@H](O)[C@H]6O)[C@H](O)[C@H]5NC(C)=O)[C@H]4O)[C@H](O)[C@H]3NC(C)=O)[C@@H](O)[C@H](O[C@H]3O[C@H](CO)[C@@H](O)[C@H](O)[C@@H]3O[C@@H]3O[C@H](CO)[C@@H](O[C@@H]4O[C@H](CO)[C@H](O)[C@H](O)[C@H]4O)[C@H](O)[C@H]3NC(C)=O)[C@@H]2O)[C@@H]1O. The molecule has 12 fully saturated rings. The van der Waals surface area contributed by atoms with Crippen molar-refractivity contribution < 1.29 is 296 Å². The second-order valence-corrected chi connectivity index (χ2v) is 37.3. The zero-order valence-electron chi connectivity index (χ0n) is 79.2. The minimum atomic E-state index is -2.69. The lowest BCUT2D eigenvalue weighted by molar-refractivity contribution is -0.399. The van der Waals surface area contributed by atoms with Gasteiger partial charge < -0.3 is 299 Å². The number of hydrogen-bond donors (Lipinski definition) is 37. The Morgan fingerprint density at radius 3 is 0.762 bits per heavy atom. The highest BCUT2D eigenvalue weighted by Gasteiger charge is 2.64. The summed E-state index contributed by atoms with van der Waals surface area (Å²) in [5.41, 5.74) is 0. The predicted octanol–water partition coefficient (Wildman–Crippen LogP) is -25.4. The van der Waals surface area contributed by atoms with Crippen LogP contribution < -0.4 is 26.6 Å². The summed E-state index contributed by atoms with van der Waals surface area (Å²) in [5.74, 6) is -4.88. The lowest BCUT2D eigenvalue weighted by atomic mass is 9.93. The number of aliphatic hydroxyl groups excluding tert-OH is 32. The summed E-state index contributed by atoms with van der Waals surface area (Å²) < 4.78 is 137. The fourth-order valence-electron chi connectivity index (χ4n) is 19.2. The van der Waals surface area contributed by atoms with E-state index in [1.54, 1.807) is 0 Å². The molecule has 0 saturated carbocycles. The maximum Gasteiger partial charge on any atom is 0.217 e. The Morgan fingerprint density at radius 2 is 0.415 bits per heavy atom. The van der Waals surface area contributed by atoms with Gasteiger partial charge in [-0.1, -0.05) is 0 Å². The van der Waals surface area contributed by atoms with E-state index in [4.69, 9.17) is 109 Å². The maximum atomic E-state index is 13.4. The van der Waals surface area contributed by atoms with Crippen molar-refractivity contribution in [2.24, 2.45) is 0 Å². The molecule has 0 bridgehead atoms. The summed E-state index contributed by atoms with van der Waals surface area (Å²) in [6, 6.07) is -9.88. The van der Waals surface area contributed by atoms with Gasteiger partial charge in [-0.3, -0.25) is 24.0 Å². The van der Waals surface area contributed by atoms with E-state index in [1.807, 2.05) is 0 Å². The fourth-order valence-corrected chi connectivity index (χ4v) is 19.2. The second-order valence-electron chi connectivity index (χ2n) is 37.3. The van der Waals surface area contributed by atoms with E-state index in [2.05, 4.69) is 26.6 Å². The summed E-state index contributed by atoms with van der Waals surface area (Å²) in [6.45, 7) is -6.78. The fraction of sp³-hybridized carbons (Fsp3) is 0.939. The van der Waals surface area contributed by atoms with Gasteiger partial charge in [-0.25, -0.2) is 0 Å². The monoisotopic (exact) mass is 2150 g/mol. The maximum absolute atomic E-state index is 13.4. The number of rotatable bonds is 38. The molecule has 37 N–H and O–H groups in total. The van der Waals surface area contributed by atoms with Crippen molar-refractivity contribution in [3.8, 4) is 0 Å². The van der Waals surface area contributed by atoms with E-state index in [1.165, 1.54) is 6.92 Å². The number of amides is 5. The molecular formula is C82H137N5O60. The summed E-state index contributed by atoms with van der Waals surface area (Å²) in [6.07, 6.45) is -117. The molecular weight excluding hydrogens is 2010 g/mol. The van der Waals surface area contributed by atoms with Crippen molar-refractivity contribution in [1.29, 1.82) is 0 Å². The molecule has 1 unspecified atom stereocenters. The molecule has 5 amide bonds. The highest BCUT2D eigenvalue weighted by Crippen LogP contribution is 2.43. The largest absolute Gasteiger partial charge is 0.394 e. The van der Waals surface area contributed by atoms with Crippen molar-refractivity contribution in [2.45, 2.75) is 410 Å². The molecule has 0 radical (unpaired) electrons. The third-order valence-corrected chi connectivity index (χ3v) is 27.0. The predicted molar refractivity (Wildman–Crippen MR) is 452 cm³/mol. The zero-order valence-corrected chi connectivity index (χ0v) is 79.2. The van der Waals surface area contributed by atoms with Gasteiger partial charge in [0.1, 0.15) is 287 Å². The first-order valence-electron chi connectivity index (χ1n) is 47.0. The smallest absolute Gasteiger partial charge is 0.217 e. The van der Waals surface area contributed by atoms with Crippen LogP contribution in [0.2, 0.25) is 0 Å². The molecule has 0 aromatic carbocycles. The van der Waals surface area contributed by atoms with Gasteiger partial charge in [-0.15, -0.1) is 0 Å². The Kier molecular flexibility index (Phi) is 43.4. The topological polar surface area (TPSA) is 1010 Å². The van der Waals surface area contributed by atoms with Crippen LogP contribution in [-0.4, -0.2) is 634 Å². The molecule has 12 rings (SSSR count). The van der Waals surface area contributed by atoms with Gasteiger partial charge in [0, 0.05) is 34.6 Å². The van der Waals surface area contributed by atoms with Gasteiger partial charge in [-0.2, -0.15) is 0 Å². The first-order valence-corrected chi connectivity index (χ1v) is 47.0. The molecule has 850 valence electrons. The first kappa shape index (κ1) is 121. The van der Waals surface area contributed by atoms with Crippen molar-refractivity contribution in [3.05, 3.63) is 0 Å². The molecule has 0 aromatic rings. The van der Waals surface area contributed by atoms with Gasteiger partial charge in [-0.05, 0) is 6.92 Å². The Morgan fingerprint density at radius 1 is 0.190 bits per heavy atom. The molecule has 147 heavy (non-hydrogen) atoms. The molecule has 12 heterocycles. The van der Waals surface area contributed by atoms with Gasteiger partial charge in [0.05, 0.1) is 78.8 Å². The minimum absolute atomic E-state index is 0.871. The Labute approximate surface area is 832 Å². The van der Waals surface area contributed by atoms with Crippen LogP contribution in [0.25, 0.3) is 0 Å². The molecule has 12 saturated heterocycles. The van der Waals surface area contributed by atoms with Crippen molar-refractivity contribution in [3.63, 3.8) is 0 Å². The quantitative estimate of drug-likeness (QED) is 0.0273. The Hall–Kier alpha value is -4.85. The van der Waals surface area contributed by atoms with Crippen LogP contribution in [0.4, 0.5) is 0 Å². The van der Waals surface area contributed by atoms with Crippen molar-refractivity contribution in [1.82, 2.24) is 26.6 Å². The zero-order chi connectivity index (χ0) is 108. The molecule has 65 nitrogen and oxygen atoms in total. The van der Waals surface area contributed by atoms with Crippen LogP contribution in [0.1, 0.15) is 41.5 Å². The van der Waals surface area contributed by atoms with Crippen LogP contribution in [0.5, 0.6) is 0 Å². The number of aliphatic hydroxyl groups is 32. The second kappa shape index (κ2) is 52.8. The van der Waals surface area contributed by atoms with Crippen LogP contribution in [0, 0.1) is 0 Å². The van der Waals surface area contributed by atoms with E-state index < -0.39 is 470 Å².